The normalized spacial score (nSPS) is 10.2. The lowest BCUT2D eigenvalue weighted by molar-refractivity contribution is -0.385. The SMILES string of the molecule is COc1ccc(-c2cc(N)no2)cc1[N+](=O)[O-]. The van der Waals surface area contributed by atoms with Gasteiger partial charge in [0.05, 0.1) is 12.0 Å². The smallest absolute Gasteiger partial charge is 0.311 e. The van der Waals surface area contributed by atoms with Crippen LogP contribution in [0, 0.1) is 10.1 Å². The van der Waals surface area contributed by atoms with E-state index in [0.717, 1.165) is 0 Å². The Labute approximate surface area is 95.9 Å². The minimum atomic E-state index is -0.526. The molecule has 2 aromatic rings. The number of nitro groups is 1. The zero-order chi connectivity index (χ0) is 12.4. The van der Waals surface area contributed by atoms with Crippen LogP contribution < -0.4 is 10.5 Å². The molecule has 0 saturated heterocycles. The topological polar surface area (TPSA) is 104 Å². The van der Waals surface area contributed by atoms with Gasteiger partial charge in [0.2, 0.25) is 0 Å². The predicted octanol–water partition coefficient (Wildman–Crippen LogP) is 1.84. The molecule has 88 valence electrons. The second-order valence-electron chi connectivity index (χ2n) is 3.26. The van der Waals surface area contributed by atoms with E-state index < -0.39 is 4.92 Å². The number of hydrogen-bond acceptors (Lipinski definition) is 6. The zero-order valence-electron chi connectivity index (χ0n) is 8.91. The van der Waals surface area contributed by atoms with Gasteiger partial charge < -0.3 is 15.0 Å². The highest BCUT2D eigenvalue weighted by molar-refractivity contribution is 5.66. The van der Waals surface area contributed by atoms with Gasteiger partial charge in [-0.15, -0.1) is 0 Å². The predicted molar refractivity (Wildman–Crippen MR) is 59.6 cm³/mol. The number of ether oxygens (including phenoxy) is 1. The third-order valence-corrected chi connectivity index (χ3v) is 2.19. The van der Waals surface area contributed by atoms with Crippen LogP contribution in [-0.4, -0.2) is 17.2 Å². The molecule has 0 spiro atoms. The van der Waals surface area contributed by atoms with Crippen LogP contribution >= 0.6 is 0 Å². The van der Waals surface area contributed by atoms with Gasteiger partial charge in [-0.2, -0.15) is 0 Å². The van der Waals surface area contributed by atoms with E-state index in [-0.39, 0.29) is 17.3 Å². The number of nitro benzene ring substituents is 1. The summed E-state index contributed by atoms with van der Waals surface area (Å²) < 4.78 is 9.81. The van der Waals surface area contributed by atoms with Crippen molar-refractivity contribution in [3.05, 3.63) is 34.4 Å². The molecule has 0 atom stereocenters. The summed E-state index contributed by atoms with van der Waals surface area (Å²) in [6.45, 7) is 0. The molecule has 7 nitrogen and oxygen atoms in total. The average Bonchev–Trinajstić information content (AvgIpc) is 2.75. The standard InChI is InChI=1S/C10H9N3O4/c1-16-8-3-2-6(4-7(8)13(14)15)9-5-10(11)12-17-9/h2-5H,1H3,(H2,11,12). The maximum atomic E-state index is 10.8. The molecule has 7 heteroatoms. The number of rotatable bonds is 3. The molecule has 1 heterocycles. The van der Waals surface area contributed by atoms with Gasteiger partial charge in [-0.05, 0) is 12.1 Å². The van der Waals surface area contributed by atoms with E-state index in [1.807, 2.05) is 0 Å². The summed E-state index contributed by atoms with van der Waals surface area (Å²) in [5, 5.41) is 14.3. The first-order chi connectivity index (χ1) is 8.11. The fourth-order valence-corrected chi connectivity index (χ4v) is 1.41. The molecule has 0 aliphatic rings. The summed E-state index contributed by atoms with van der Waals surface area (Å²) in [6, 6.07) is 5.96. The van der Waals surface area contributed by atoms with Gasteiger partial charge in [0, 0.05) is 17.7 Å². The number of nitrogen functional groups attached to an aromatic ring is 1. The molecule has 0 radical (unpaired) electrons. The second-order valence-corrected chi connectivity index (χ2v) is 3.26. The first-order valence-corrected chi connectivity index (χ1v) is 4.67. The monoisotopic (exact) mass is 235 g/mol. The van der Waals surface area contributed by atoms with Crippen molar-refractivity contribution in [1.29, 1.82) is 0 Å². The van der Waals surface area contributed by atoms with Crippen molar-refractivity contribution in [3.8, 4) is 17.1 Å². The molecule has 1 aromatic carbocycles. The number of anilines is 1. The number of nitrogens with two attached hydrogens (primary N) is 1. The van der Waals surface area contributed by atoms with Crippen molar-refractivity contribution in [1.82, 2.24) is 5.16 Å². The average molecular weight is 235 g/mol. The summed E-state index contributed by atoms with van der Waals surface area (Å²) in [4.78, 5) is 10.3. The van der Waals surface area contributed by atoms with Crippen molar-refractivity contribution in [2.75, 3.05) is 12.8 Å². The van der Waals surface area contributed by atoms with Crippen LogP contribution in [0.25, 0.3) is 11.3 Å². The van der Waals surface area contributed by atoms with Crippen molar-refractivity contribution in [2.24, 2.45) is 0 Å². The molecule has 0 amide bonds. The van der Waals surface area contributed by atoms with E-state index in [1.165, 1.54) is 25.3 Å². The first-order valence-electron chi connectivity index (χ1n) is 4.67. The minimum Gasteiger partial charge on any atom is -0.490 e. The molecule has 2 N–H and O–H groups in total. The Morgan fingerprint density at radius 3 is 2.76 bits per heavy atom. The van der Waals surface area contributed by atoms with E-state index in [0.29, 0.717) is 11.3 Å². The van der Waals surface area contributed by atoms with Gasteiger partial charge in [0.15, 0.2) is 17.3 Å². The summed E-state index contributed by atoms with van der Waals surface area (Å²) in [5.41, 5.74) is 5.78. The third kappa shape index (κ3) is 2.03. The molecule has 0 aliphatic heterocycles. The van der Waals surface area contributed by atoms with Crippen LogP contribution in [0.2, 0.25) is 0 Å². The summed E-state index contributed by atoms with van der Waals surface area (Å²) in [6.07, 6.45) is 0. The van der Waals surface area contributed by atoms with E-state index in [9.17, 15) is 10.1 Å². The number of methoxy groups -OCH3 is 1. The quantitative estimate of drug-likeness (QED) is 0.642. The van der Waals surface area contributed by atoms with Crippen molar-refractivity contribution < 1.29 is 14.2 Å². The molecule has 0 fully saturated rings. The number of benzene rings is 1. The molecular weight excluding hydrogens is 226 g/mol. The molecule has 0 saturated carbocycles. The summed E-state index contributed by atoms with van der Waals surface area (Å²) >= 11 is 0. The highest BCUT2D eigenvalue weighted by atomic mass is 16.6. The van der Waals surface area contributed by atoms with E-state index in [4.69, 9.17) is 15.0 Å². The Balaban J connectivity index is 2.50. The van der Waals surface area contributed by atoms with E-state index in [2.05, 4.69) is 5.16 Å². The van der Waals surface area contributed by atoms with Gasteiger partial charge in [0.25, 0.3) is 0 Å². The van der Waals surface area contributed by atoms with Crippen molar-refractivity contribution in [3.63, 3.8) is 0 Å². The number of hydrogen-bond donors (Lipinski definition) is 1. The highest BCUT2D eigenvalue weighted by Gasteiger charge is 2.17. The summed E-state index contributed by atoms with van der Waals surface area (Å²) in [5.74, 6) is 0.776. The highest BCUT2D eigenvalue weighted by Crippen LogP contribution is 2.32. The lowest BCUT2D eigenvalue weighted by atomic mass is 10.1. The van der Waals surface area contributed by atoms with Crippen molar-refractivity contribution >= 4 is 11.5 Å². The fourth-order valence-electron chi connectivity index (χ4n) is 1.41. The van der Waals surface area contributed by atoms with Crippen LogP contribution in [0.4, 0.5) is 11.5 Å². The van der Waals surface area contributed by atoms with Crippen LogP contribution in [-0.2, 0) is 0 Å². The molecule has 17 heavy (non-hydrogen) atoms. The Hall–Kier alpha value is -2.57. The minimum absolute atomic E-state index is 0.139. The Kier molecular flexibility index (Phi) is 2.65. The molecule has 0 aliphatic carbocycles. The van der Waals surface area contributed by atoms with Crippen LogP contribution in [0.15, 0.2) is 28.8 Å². The van der Waals surface area contributed by atoms with Gasteiger partial charge in [-0.25, -0.2) is 0 Å². The van der Waals surface area contributed by atoms with Crippen molar-refractivity contribution in [2.45, 2.75) is 0 Å². The zero-order valence-corrected chi connectivity index (χ0v) is 8.91. The molecule has 0 unspecified atom stereocenters. The Morgan fingerprint density at radius 1 is 1.47 bits per heavy atom. The lowest BCUT2D eigenvalue weighted by Crippen LogP contribution is -1.93. The fraction of sp³-hybridized carbons (Fsp3) is 0.100. The maximum absolute atomic E-state index is 10.8. The largest absolute Gasteiger partial charge is 0.490 e. The molecule has 2 rings (SSSR count). The number of nitrogens with zero attached hydrogens (tertiary/aromatic N) is 2. The summed E-state index contributed by atoms with van der Waals surface area (Å²) in [7, 11) is 1.37. The third-order valence-electron chi connectivity index (χ3n) is 2.19. The van der Waals surface area contributed by atoms with Gasteiger partial charge in [0.1, 0.15) is 0 Å². The Bertz CT molecular complexity index is 564. The van der Waals surface area contributed by atoms with Crippen LogP contribution in [0.1, 0.15) is 0 Å². The second kappa shape index (κ2) is 4.12. The van der Waals surface area contributed by atoms with Crippen LogP contribution in [0.3, 0.4) is 0 Å². The lowest BCUT2D eigenvalue weighted by Gasteiger charge is -2.02. The molecule has 0 bridgehead atoms. The van der Waals surface area contributed by atoms with E-state index in [1.54, 1.807) is 6.07 Å². The van der Waals surface area contributed by atoms with Crippen LogP contribution in [0.5, 0.6) is 5.75 Å². The maximum Gasteiger partial charge on any atom is 0.311 e. The van der Waals surface area contributed by atoms with Gasteiger partial charge >= 0.3 is 5.69 Å². The molecular formula is C10H9N3O4. The molecule has 1 aromatic heterocycles. The Morgan fingerprint density at radius 2 is 2.24 bits per heavy atom. The van der Waals surface area contributed by atoms with Gasteiger partial charge in [-0.1, -0.05) is 5.16 Å². The first kappa shape index (κ1) is 10.9. The van der Waals surface area contributed by atoms with Gasteiger partial charge in [-0.3, -0.25) is 10.1 Å². The number of aromatic nitrogens is 1. The van der Waals surface area contributed by atoms with E-state index >= 15 is 0 Å².